The van der Waals surface area contributed by atoms with Crippen LogP contribution in [0.25, 0.3) is 0 Å². The van der Waals surface area contributed by atoms with E-state index < -0.39 is 5.54 Å². The van der Waals surface area contributed by atoms with Gasteiger partial charge in [0.05, 0.1) is 0 Å². The smallest absolute Gasteiger partial charge is 0.243 e. The van der Waals surface area contributed by atoms with Crippen LogP contribution in [0.2, 0.25) is 0 Å². The van der Waals surface area contributed by atoms with E-state index >= 15 is 0 Å². The summed E-state index contributed by atoms with van der Waals surface area (Å²) in [5.41, 5.74) is 7.21. The molecule has 2 rings (SSSR count). The fourth-order valence-electron chi connectivity index (χ4n) is 2.47. The summed E-state index contributed by atoms with van der Waals surface area (Å²) in [6.07, 6.45) is 2.92. The number of benzene rings is 1. The lowest BCUT2D eigenvalue weighted by molar-refractivity contribution is -0.123. The lowest BCUT2D eigenvalue weighted by Gasteiger charge is -2.32. The summed E-state index contributed by atoms with van der Waals surface area (Å²) in [5, 5.41) is 3.37. The number of nitrogens with one attached hydrogen (secondary N) is 1. The minimum Gasteiger partial charge on any atom is -0.371 e. The van der Waals surface area contributed by atoms with Crippen molar-refractivity contribution in [1.82, 2.24) is 0 Å². The van der Waals surface area contributed by atoms with Gasteiger partial charge in [0.2, 0.25) is 5.91 Å². The zero-order valence-corrected chi connectivity index (χ0v) is 10.5. The second-order valence-electron chi connectivity index (χ2n) is 4.96. The normalized spacial score (nSPS) is 18.5. The molecule has 1 atom stereocenters. The Bertz CT molecular complexity index is 426. The van der Waals surface area contributed by atoms with Crippen molar-refractivity contribution in [3.05, 3.63) is 29.8 Å². The Morgan fingerprint density at radius 1 is 1.53 bits per heavy atom. The average Bonchev–Trinajstić information content (AvgIpc) is 3.09. The third-order valence-corrected chi connectivity index (χ3v) is 3.66. The lowest BCUT2D eigenvalue weighted by Crippen LogP contribution is -2.52. The highest BCUT2D eigenvalue weighted by Gasteiger charge is 2.48. The number of nitrogens with two attached hydrogens (primary N) is 1. The third kappa shape index (κ3) is 2.28. The maximum absolute atomic E-state index is 11.8. The number of carbonyl (C=O) groups excluding carboxylic acids is 1. The fraction of sp³-hybridized carbons (Fsp3) is 0.500. The van der Waals surface area contributed by atoms with Crippen LogP contribution < -0.4 is 11.1 Å². The molecule has 3 N–H and O–H groups in total. The SMILES string of the molecule is CCC(Nc1cccc(C)c1)(C(N)=O)C1CC1. The first kappa shape index (κ1) is 12.0. The van der Waals surface area contributed by atoms with E-state index in [1.54, 1.807) is 0 Å². The highest BCUT2D eigenvalue weighted by molar-refractivity contribution is 5.88. The molecule has 1 saturated carbocycles. The highest BCUT2D eigenvalue weighted by Crippen LogP contribution is 2.43. The zero-order valence-electron chi connectivity index (χ0n) is 10.5. The van der Waals surface area contributed by atoms with Crippen molar-refractivity contribution in [3.8, 4) is 0 Å². The van der Waals surface area contributed by atoms with Crippen molar-refractivity contribution in [3.63, 3.8) is 0 Å². The van der Waals surface area contributed by atoms with Crippen LogP contribution in [0.5, 0.6) is 0 Å². The Hall–Kier alpha value is -1.51. The first-order valence-corrected chi connectivity index (χ1v) is 6.23. The van der Waals surface area contributed by atoms with Crippen LogP contribution in [0.4, 0.5) is 5.69 Å². The first-order chi connectivity index (χ1) is 8.08. The van der Waals surface area contributed by atoms with Crippen molar-refractivity contribution in [2.24, 2.45) is 11.7 Å². The second-order valence-corrected chi connectivity index (χ2v) is 4.96. The monoisotopic (exact) mass is 232 g/mol. The average molecular weight is 232 g/mol. The van der Waals surface area contributed by atoms with Gasteiger partial charge in [-0.05, 0) is 49.8 Å². The van der Waals surface area contributed by atoms with Gasteiger partial charge in [-0.2, -0.15) is 0 Å². The largest absolute Gasteiger partial charge is 0.371 e. The summed E-state index contributed by atoms with van der Waals surface area (Å²) in [6.45, 7) is 4.06. The van der Waals surface area contributed by atoms with Gasteiger partial charge in [-0.25, -0.2) is 0 Å². The Morgan fingerprint density at radius 2 is 2.24 bits per heavy atom. The van der Waals surface area contributed by atoms with E-state index in [1.165, 1.54) is 5.56 Å². The Kier molecular flexibility index (Phi) is 3.09. The summed E-state index contributed by atoms with van der Waals surface area (Å²) < 4.78 is 0. The van der Waals surface area contributed by atoms with E-state index in [0.717, 1.165) is 24.9 Å². The molecule has 1 unspecified atom stereocenters. The van der Waals surface area contributed by atoms with Crippen LogP contribution in [-0.4, -0.2) is 11.4 Å². The van der Waals surface area contributed by atoms with E-state index in [0.29, 0.717) is 5.92 Å². The number of hydrogen-bond acceptors (Lipinski definition) is 2. The molecule has 0 aromatic heterocycles. The predicted octanol–water partition coefficient (Wildman–Crippen LogP) is 2.45. The molecule has 3 heteroatoms. The van der Waals surface area contributed by atoms with Gasteiger partial charge < -0.3 is 11.1 Å². The molecule has 1 aromatic rings. The fourth-order valence-corrected chi connectivity index (χ4v) is 2.47. The van der Waals surface area contributed by atoms with Gasteiger partial charge in [-0.3, -0.25) is 4.79 Å². The number of rotatable bonds is 5. The van der Waals surface area contributed by atoms with Crippen LogP contribution in [0.15, 0.2) is 24.3 Å². The summed E-state index contributed by atoms with van der Waals surface area (Å²) in [5.74, 6) is 0.162. The molecular formula is C14H20N2O. The number of aryl methyl sites for hydroxylation is 1. The minimum absolute atomic E-state index is 0.232. The maximum Gasteiger partial charge on any atom is 0.243 e. The van der Waals surface area contributed by atoms with Gasteiger partial charge in [0.15, 0.2) is 0 Å². The second kappa shape index (κ2) is 4.40. The molecule has 0 spiro atoms. The van der Waals surface area contributed by atoms with Gasteiger partial charge in [0.25, 0.3) is 0 Å². The van der Waals surface area contributed by atoms with E-state index in [2.05, 4.69) is 11.4 Å². The van der Waals surface area contributed by atoms with E-state index in [9.17, 15) is 4.79 Å². The van der Waals surface area contributed by atoms with Gasteiger partial charge in [-0.15, -0.1) is 0 Å². The molecule has 1 aromatic carbocycles. The highest BCUT2D eigenvalue weighted by atomic mass is 16.1. The van der Waals surface area contributed by atoms with Crippen LogP contribution >= 0.6 is 0 Å². The molecule has 0 aliphatic heterocycles. The Balaban J connectivity index is 2.26. The minimum atomic E-state index is -0.562. The number of anilines is 1. The topological polar surface area (TPSA) is 55.1 Å². The molecule has 0 heterocycles. The van der Waals surface area contributed by atoms with Crippen molar-refractivity contribution < 1.29 is 4.79 Å². The van der Waals surface area contributed by atoms with Gasteiger partial charge in [0.1, 0.15) is 5.54 Å². The van der Waals surface area contributed by atoms with Crippen LogP contribution in [0.3, 0.4) is 0 Å². The van der Waals surface area contributed by atoms with Crippen LogP contribution in [-0.2, 0) is 4.79 Å². The summed E-state index contributed by atoms with van der Waals surface area (Å²) in [7, 11) is 0. The standard InChI is InChI=1S/C14H20N2O/c1-3-14(13(15)17,11-7-8-11)16-12-6-4-5-10(2)9-12/h4-6,9,11,16H,3,7-8H2,1-2H3,(H2,15,17). The molecule has 92 valence electrons. The van der Waals surface area contributed by atoms with E-state index in [-0.39, 0.29) is 5.91 Å². The molecule has 1 aliphatic rings. The first-order valence-electron chi connectivity index (χ1n) is 6.23. The number of primary amides is 1. The third-order valence-electron chi connectivity index (χ3n) is 3.66. The molecule has 17 heavy (non-hydrogen) atoms. The lowest BCUT2D eigenvalue weighted by atomic mass is 9.88. The number of amides is 1. The van der Waals surface area contributed by atoms with Crippen LogP contribution in [0.1, 0.15) is 31.7 Å². The van der Waals surface area contributed by atoms with E-state index in [4.69, 9.17) is 5.73 Å². The molecule has 0 saturated heterocycles. The van der Waals surface area contributed by atoms with Gasteiger partial charge in [0, 0.05) is 5.69 Å². The van der Waals surface area contributed by atoms with Crippen molar-refractivity contribution in [2.45, 2.75) is 38.6 Å². The Morgan fingerprint density at radius 3 is 2.71 bits per heavy atom. The quantitative estimate of drug-likeness (QED) is 0.819. The number of carbonyl (C=O) groups is 1. The molecule has 0 bridgehead atoms. The molecule has 0 radical (unpaired) electrons. The van der Waals surface area contributed by atoms with Crippen molar-refractivity contribution >= 4 is 11.6 Å². The van der Waals surface area contributed by atoms with Crippen LogP contribution in [0, 0.1) is 12.8 Å². The predicted molar refractivity (Wildman–Crippen MR) is 69.7 cm³/mol. The molecule has 1 amide bonds. The number of hydrogen-bond donors (Lipinski definition) is 2. The van der Waals surface area contributed by atoms with E-state index in [1.807, 2.05) is 32.0 Å². The molecule has 1 fully saturated rings. The Labute approximate surface area is 102 Å². The van der Waals surface area contributed by atoms with Gasteiger partial charge >= 0.3 is 0 Å². The van der Waals surface area contributed by atoms with Crippen molar-refractivity contribution in [2.75, 3.05) is 5.32 Å². The van der Waals surface area contributed by atoms with Gasteiger partial charge in [-0.1, -0.05) is 19.1 Å². The summed E-state index contributed by atoms with van der Waals surface area (Å²) in [6, 6.07) is 8.07. The molecule has 1 aliphatic carbocycles. The summed E-state index contributed by atoms with van der Waals surface area (Å²) >= 11 is 0. The molecular weight excluding hydrogens is 212 g/mol. The summed E-state index contributed by atoms with van der Waals surface area (Å²) in [4.78, 5) is 11.8. The maximum atomic E-state index is 11.8. The molecule has 3 nitrogen and oxygen atoms in total. The van der Waals surface area contributed by atoms with Crippen molar-refractivity contribution in [1.29, 1.82) is 0 Å². The zero-order chi connectivity index (χ0) is 12.5.